The number of piperazine rings is 1. The first-order valence-electron chi connectivity index (χ1n) is 10.1. The Kier molecular flexibility index (Phi) is 7.21. The number of nitrogens with zero attached hydrogens (tertiary/aromatic N) is 3. The highest BCUT2D eigenvalue weighted by Crippen LogP contribution is 2.28. The van der Waals surface area contributed by atoms with Crippen LogP contribution >= 0.6 is 0 Å². The predicted molar refractivity (Wildman–Crippen MR) is 104 cm³/mol. The van der Waals surface area contributed by atoms with Crippen molar-refractivity contribution >= 4 is 11.6 Å². The molecule has 2 aliphatic rings. The molecule has 0 bridgehead atoms. The third kappa shape index (κ3) is 5.65. The molecule has 1 aromatic carbocycles. The van der Waals surface area contributed by atoms with E-state index < -0.39 is 5.82 Å². The molecule has 1 amide bonds. The summed E-state index contributed by atoms with van der Waals surface area (Å²) in [6.45, 7) is 4.15. The van der Waals surface area contributed by atoms with E-state index in [1.54, 1.807) is 0 Å². The molecule has 28 heavy (non-hydrogen) atoms. The van der Waals surface area contributed by atoms with Crippen LogP contribution in [0.5, 0.6) is 0 Å². The summed E-state index contributed by atoms with van der Waals surface area (Å²) in [5, 5.41) is 11.5. The lowest BCUT2D eigenvalue weighted by atomic mass is 9.84. The number of hydrogen-bond acceptors (Lipinski definition) is 4. The van der Waals surface area contributed by atoms with E-state index in [9.17, 15) is 13.6 Å². The van der Waals surface area contributed by atoms with Gasteiger partial charge in [0.05, 0.1) is 11.8 Å². The fourth-order valence-electron chi connectivity index (χ4n) is 4.25. The van der Waals surface area contributed by atoms with Crippen molar-refractivity contribution in [2.75, 3.05) is 37.6 Å². The minimum Gasteiger partial charge on any atom is -0.367 e. The van der Waals surface area contributed by atoms with Crippen molar-refractivity contribution in [2.45, 2.75) is 44.6 Å². The number of halogens is 2. The molecule has 152 valence electrons. The molecule has 0 spiro atoms. The lowest BCUT2D eigenvalue weighted by molar-refractivity contribution is -0.121. The Morgan fingerprint density at radius 3 is 2.54 bits per heavy atom. The zero-order valence-electron chi connectivity index (χ0n) is 16.2. The third-order valence-corrected chi connectivity index (χ3v) is 5.93. The van der Waals surface area contributed by atoms with Gasteiger partial charge in [-0.05, 0) is 56.7 Å². The number of anilines is 1. The first-order chi connectivity index (χ1) is 13.5. The van der Waals surface area contributed by atoms with Crippen LogP contribution in [0.25, 0.3) is 0 Å². The summed E-state index contributed by atoms with van der Waals surface area (Å²) in [5.41, 5.74) is 0.358. The summed E-state index contributed by atoms with van der Waals surface area (Å²) >= 11 is 0. The summed E-state index contributed by atoms with van der Waals surface area (Å²) in [6, 6.07) is 5.71. The average molecular weight is 390 g/mol. The molecule has 5 nitrogen and oxygen atoms in total. The van der Waals surface area contributed by atoms with Gasteiger partial charge in [-0.3, -0.25) is 9.69 Å². The summed E-state index contributed by atoms with van der Waals surface area (Å²) in [5.74, 6) is -0.270. The lowest BCUT2D eigenvalue weighted by Gasteiger charge is -2.37. The fourth-order valence-corrected chi connectivity index (χ4v) is 4.25. The van der Waals surface area contributed by atoms with Crippen LogP contribution < -0.4 is 10.2 Å². The summed E-state index contributed by atoms with van der Waals surface area (Å²) in [6.07, 6.45) is 5.24. The van der Waals surface area contributed by atoms with Crippen LogP contribution in [0, 0.1) is 28.9 Å². The lowest BCUT2D eigenvalue weighted by Crippen LogP contribution is -2.47. The van der Waals surface area contributed by atoms with E-state index in [1.807, 2.05) is 11.0 Å². The average Bonchev–Trinajstić information content (AvgIpc) is 2.70. The quantitative estimate of drug-likeness (QED) is 0.811. The van der Waals surface area contributed by atoms with Gasteiger partial charge in [0.1, 0.15) is 18.1 Å². The number of hydrogen-bond donors (Lipinski definition) is 1. The molecule has 0 aromatic heterocycles. The molecule has 1 aliphatic heterocycles. The molecule has 0 radical (unpaired) electrons. The topological polar surface area (TPSA) is 59.4 Å². The van der Waals surface area contributed by atoms with Crippen molar-refractivity contribution in [3.63, 3.8) is 0 Å². The van der Waals surface area contributed by atoms with Gasteiger partial charge >= 0.3 is 0 Å². The van der Waals surface area contributed by atoms with Gasteiger partial charge < -0.3 is 10.2 Å². The van der Waals surface area contributed by atoms with Crippen molar-refractivity contribution in [3.05, 3.63) is 29.8 Å². The van der Waals surface area contributed by atoms with Crippen LogP contribution in [0.3, 0.4) is 0 Å². The molecule has 0 unspecified atom stereocenters. The molecule has 0 atom stereocenters. The van der Waals surface area contributed by atoms with Crippen LogP contribution in [-0.4, -0.2) is 49.6 Å². The number of carbonyl (C=O) groups is 1. The molecule has 1 saturated carbocycles. The third-order valence-electron chi connectivity index (χ3n) is 5.93. The minimum atomic E-state index is -0.404. The molecule has 1 aromatic rings. The Bertz CT molecular complexity index is 705. The van der Waals surface area contributed by atoms with Gasteiger partial charge in [0.25, 0.3) is 0 Å². The van der Waals surface area contributed by atoms with Gasteiger partial charge in [-0.2, -0.15) is 5.26 Å². The van der Waals surface area contributed by atoms with Crippen LogP contribution in [0.1, 0.15) is 38.5 Å². The van der Waals surface area contributed by atoms with Gasteiger partial charge in [-0.25, -0.2) is 8.78 Å². The first kappa shape index (κ1) is 20.5. The summed E-state index contributed by atoms with van der Waals surface area (Å²) in [7, 11) is 0. The summed E-state index contributed by atoms with van der Waals surface area (Å²) in [4.78, 5) is 15.8. The number of amides is 1. The number of rotatable bonds is 6. The highest BCUT2D eigenvalue weighted by molar-refractivity contribution is 5.78. The highest BCUT2D eigenvalue weighted by Gasteiger charge is 2.24. The van der Waals surface area contributed by atoms with Crippen LogP contribution in [0.15, 0.2) is 18.2 Å². The molecular formula is C21H28F2N4O. The second-order valence-electron chi connectivity index (χ2n) is 7.83. The van der Waals surface area contributed by atoms with E-state index in [0.29, 0.717) is 24.7 Å². The van der Waals surface area contributed by atoms with E-state index in [2.05, 4.69) is 10.2 Å². The van der Waals surface area contributed by atoms with E-state index in [-0.39, 0.29) is 24.2 Å². The second kappa shape index (κ2) is 9.83. The standard InChI is InChI=1S/C21H28F2N4O/c22-17-3-6-19(23)20(15-17)27-13-11-26(12-14-27)10-8-16-1-4-18(5-2-16)25-21(28)7-9-24/h3,6,15-16,18H,1-2,4-5,7-8,10-14H2,(H,25,28). The second-order valence-corrected chi connectivity index (χ2v) is 7.83. The molecule has 1 heterocycles. The Labute approximate surface area is 165 Å². The zero-order valence-corrected chi connectivity index (χ0v) is 16.2. The predicted octanol–water partition coefficient (Wildman–Crippen LogP) is 3.07. The van der Waals surface area contributed by atoms with Crippen molar-refractivity contribution in [2.24, 2.45) is 5.92 Å². The largest absolute Gasteiger partial charge is 0.367 e. The molecule has 1 N–H and O–H groups in total. The molecule has 1 aliphatic carbocycles. The molecular weight excluding hydrogens is 362 g/mol. The van der Waals surface area contributed by atoms with E-state index in [0.717, 1.165) is 57.8 Å². The number of nitrogens with one attached hydrogen (secondary N) is 1. The molecule has 1 saturated heterocycles. The van der Waals surface area contributed by atoms with E-state index in [4.69, 9.17) is 5.26 Å². The van der Waals surface area contributed by atoms with Crippen molar-refractivity contribution in [3.8, 4) is 6.07 Å². The summed E-state index contributed by atoms with van der Waals surface area (Å²) < 4.78 is 27.3. The van der Waals surface area contributed by atoms with Crippen molar-refractivity contribution in [1.29, 1.82) is 5.26 Å². The Hall–Kier alpha value is -2.20. The number of nitriles is 1. The Morgan fingerprint density at radius 1 is 1.14 bits per heavy atom. The molecule has 3 rings (SSSR count). The monoisotopic (exact) mass is 390 g/mol. The van der Waals surface area contributed by atoms with Gasteiger partial charge in [0.15, 0.2) is 0 Å². The minimum absolute atomic E-state index is 0.0641. The van der Waals surface area contributed by atoms with Gasteiger partial charge in [0, 0.05) is 38.3 Å². The van der Waals surface area contributed by atoms with Gasteiger partial charge in [0.2, 0.25) is 5.91 Å². The van der Waals surface area contributed by atoms with Crippen molar-refractivity contribution < 1.29 is 13.6 Å². The SMILES string of the molecule is N#CCC(=O)NC1CCC(CCN2CCN(c3cc(F)ccc3F)CC2)CC1. The highest BCUT2D eigenvalue weighted by atomic mass is 19.1. The normalized spacial score (nSPS) is 23.2. The van der Waals surface area contributed by atoms with Gasteiger partial charge in [-0.1, -0.05) is 0 Å². The maximum absolute atomic E-state index is 13.9. The van der Waals surface area contributed by atoms with Crippen molar-refractivity contribution in [1.82, 2.24) is 10.2 Å². The zero-order chi connectivity index (χ0) is 19.9. The van der Waals surface area contributed by atoms with Gasteiger partial charge in [-0.15, -0.1) is 0 Å². The van der Waals surface area contributed by atoms with E-state index in [1.165, 1.54) is 12.1 Å². The maximum atomic E-state index is 13.9. The molecule has 7 heteroatoms. The number of benzene rings is 1. The fraction of sp³-hybridized carbons (Fsp3) is 0.619. The number of carbonyl (C=O) groups excluding carboxylic acids is 1. The first-order valence-corrected chi connectivity index (χ1v) is 10.1. The van der Waals surface area contributed by atoms with Crippen LogP contribution in [-0.2, 0) is 4.79 Å². The Balaban J connectivity index is 1.36. The maximum Gasteiger partial charge on any atom is 0.234 e. The smallest absolute Gasteiger partial charge is 0.234 e. The van der Waals surface area contributed by atoms with Crippen LogP contribution in [0.2, 0.25) is 0 Å². The Morgan fingerprint density at radius 2 is 1.86 bits per heavy atom. The van der Waals surface area contributed by atoms with Crippen LogP contribution in [0.4, 0.5) is 14.5 Å². The van der Waals surface area contributed by atoms with E-state index >= 15 is 0 Å². The molecule has 2 fully saturated rings.